The van der Waals surface area contributed by atoms with Crippen molar-refractivity contribution >= 4 is 27.5 Å². The average molecular weight is 506 g/mol. The van der Waals surface area contributed by atoms with Crippen molar-refractivity contribution in [3.05, 3.63) is 54.1 Å². The zero-order chi connectivity index (χ0) is 26.2. The predicted octanol–water partition coefficient (Wildman–Crippen LogP) is 2.80. The Hall–Kier alpha value is -3.27. The maximum Gasteiger partial charge on any atom is 0.244 e. The van der Waals surface area contributed by atoms with E-state index in [0.29, 0.717) is 17.2 Å². The fourth-order valence-corrected chi connectivity index (χ4v) is 4.23. The van der Waals surface area contributed by atoms with Gasteiger partial charge in [0.2, 0.25) is 21.8 Å². The summed E-state index contributed by atoms with van der Waals surface area (Å²) >= 11 is 0. The van der Waals surface area contributed by atoms with Crippen molar-refractivity contribution in [2.75, 3.05) is 31.3 Å². The Morgan fingerprint density at radius 1 is 1.00 bits per heavy atom. The summed E-state index contributed by atoms with van der Waals surface area (Å²) in [4.78, 5) is 27.8. The second kappa shape index (κ2) is 12.4. The molecule has 0 aromatic heterocycles. The third kappa shape index (κ3) is 7.88. The van der Waals surface area contributed by atoms with Crippen LogP contribution in [0.15, 0.2) is 48.5 Å². The van der Waals surface area contributed by atoms with E-state index in [9.17, 15) is 18.0 Å². The van der Waals surface area contributed by atoms with E-state index in [2.05, 4.69) is 5.32 Å². The zero-order valence-corrected chi connectivity index (χ0v) is 22.0. The monoisotopic (exact) mass is 505 g/mol. The molecule has 0 saturated heterocycles. The van der Waals surface area contributed by atoms with Gasteiger partial charge in [-0.25, -0.2) is 8.42 Å². The Kier molecular flexibility index (Phi) is 9.94. The summed E-state index contributed by atoms with van der Waals surface area (Å²) in [6.45, 7) is 5.11. The van der Waals surface area contributed by atoms with Gasteiger partial charge in [-0.1, -0.05) is 19.1 Å². The first-order valence-corrected chi connectivity index (χ1v) is 13.2. The molecule has 0 aliphatic carbocycles. The van der Waals surface area contributed by atoms with E-state index in [4.69, 9.17) is 9.47 Å². The number of carbonyl (C=O) groups excluding carboxylic acids is 2. The fourth-order valence-electron chi connectivity index (χ4n) is 3.38. The van der Waals surface area contributed by atoms with Crippen molar-refractivity contribution in [1.29, 1.82) is 0 Å². The van der Waals surface area contributed by atoms with Gasteiger partial charge in [-0.05, 0) is 62.2 Å². The van der Waals surface area contributed by atoms with E-state index in [1.54, 1.807) is 56.5 Å². The van der Waals surface area contributed by atoms with Crippen LogP contribution < -0.4 is 19.1 Å². The number of carbonyl (C=O) groups is 2. The van der Waals surface area contributed by atoms with Gasteiger partial charge in [0.25, 0.3) is 0 Å². The number of hydrogen-bond acceptors (Lipinski definition) is 6. The van der Waals surface area contributed by atoms with Gasteiger partial charge in [-0.2, -0.15) is 0 Å². The number of anilines is 1. The quantitative estimate of drug-likeness (QED) is 0.476. The lowest BCUT2D eigenvalue weighted by Crippen LogP contribution is -2.52. The molecule has 0 aliphatic rings. The van der Waals surface area contributed by atoms with Crippen LogP contribution in [0.5, 0.6) is 11.5 Å². The van der Waals surface area contributed by atoms with Gasteiger partial charge in [0, 0.05) is 12.6 Å². The molecule has 2 rings (SSSR count). The second-order valence-corrected chi connectivity index (χ2v) is 10.2. The van der Waals surface area contributed by atoms with E-state index >= 15 is 0 Å². The molecule has 0 aliphatic heterocycles. The van der Waals surface area contributed by atoms with Gasteiger partial charge < -0.3 is 19.7 Å². The Morgan fingerprint density at radius 2 is 1.63 bits per heavy atom. The lowest BCUT2D eigenvalue weighted by molar-refractivity contribution is -0.139. The molecule has 0 fully saturated rings. The summed E-state index contributed by atoms with van der Waals surface area (Å²) in [5, 5.41) is 2.90. The van der Waals surface area contributed by atoms with Crippen LogP contribution in [-0.2, 0) is 26.2 Å². The number of methoxy groups -OCH3 is 2. The zero-order valence-electron chi connectivity index (χ0n) is 21.1. The summed E-state index contributed by atoms with van der Waals surface area (Å²) < 4.78 is 36.6. The van der Waals surface area contributed by atoms with E-state index in [0.717, 1.165) is 22.5 Å². The van der Waals surface area contributed by atoms with Crippen molar-refractivity contribution in [3.8, 4) is 11.5 Å². The fraction of sp³-hybridized carbons (Fsp3) is 0.440. The minimum atomic E-state index is -3.79. The number of ether oxygens (including phenoxy) is 2. The Morgan fingerprint density at radius 3 is 2.17 bits per heavy atom. The standard InChI is InChI=1S/C25H35N3O6S/c1-7-18(2)26-25(30)19(3)27(16-20-9-8-10-23(15-20)34-5)24(29)17-28(35(6,31)32)21-11-13-22(33-4)14-12-21/h8-15,18-19H,7,16-17H2,1-6H3,(H,26,30)/t18-,19+/m1/s1. The minimum absolute atomic E-state index is 0.0643. The SMILES string of the molecule is CC[C@@H](C)NC(=O)[C@H](C)N(Cc1cccc(OC)c1)C(=O)CN(c1ccc(OC)cc1)S(C)(=O)=O. The first kappa shape index (κ1) is 28.0. The number of nitrogens with zero attached hydrogens (tertiary/aromatic N) is 2. The van der Waals surface area contributed by atoms with Crippen molar-refractivity contribution in [3.63, 3.8) is 0 Å². The van der Waals surface area contributed by atoms with Crippen LogP contribution in [0.1, 0.15) is 32.8 Å². The predicted molar refractivity (Wildman–Crippen MR) is 136 cm³/mol. The van der Waals surface area contributed by atoms with Gasteiger partial charge in [0.1, 0.15) is 24.1 Å². The van der Waals surface area contributed by atoms with E-state index in [-0.39, 0.29) is 18.5 Å². The molecule has 2 atom stereocenters. The molecule has 0 spiro atoms. The van der Waals surface area contributed by atoms with Crippen molar-refractivity contribution in [2.24, 2.45) is 0 Å². The molecule has 35 heavy (non-hydrogen) atoms. The average Bonchev–Trinajstić information content (AvgIpc) is 2.84. The molecule has 1 N–H and O–H groups in total. The third-order valence-electron chi connectivity index (χ3n) is 5.70. The van der Waals surface area contributed by atoms with E-state index in [1.807, 2.05) is 19.9 Å². The van der Waals surface area contributed by atoms with Gasteiger partial charge in [-0.3, -0.25) is 13.9 Å². The number of rotatable bonds is 12. The summed E-state index contributed by atoms with van der Waals surface area (Å²) in [5.74, 6) is 0.345. The molecule has 2 aromatic rings. The van der Waals surface area contributed by atoms with Gasteiger partial charge in [0.15, 0.2) is 0 Å². The highest BCUT2D eigenvalue weighted by Crippen LogP contribution is 2.23. The van der Waals surface area contributed by atoms with Crippen LogP contribution in [0.4, 0.5) is 5.69 Å². The lowest BCUT2D eigenvalue weighted by atomic mass is 10.1. The number of nitrogens with one attached hydrogen (secondary N) is 1. The molecule has 10 heteroatoms. The normalized spacial score (nSPS) is 12.9. The molecule has 2 aromatic carbocycles. The van der Waals surface area contributed by atoms with Crippen LogP contribution in [-0.4, -0.2) is 64.2 Å². The van der Waals surface area contributed by atoms with Gasteiger partial charge in [-0.15, -0.1) is 0 Å². The number of sulfonamides is 1. The summed E-state index contributed by atoms with van der Waals surface area (Å²) in [7, 11) is -0.740. The largest absolute Gasteiger partial charge is 0.497 e. The van der Waals surface area contributed by atoms with E-state index < -0.39 is 28.5 Å². The van der Waals surface area contributed by atoms with Crippen molar-refractivity contribution < 1.29 is 27.5 Å². The van der Waals surface area contributed by atoms with E-state index in [1.165, 1.54) is 12.0 Å². The highest BCUT2D eigenvalue weighted by Gasteiger charge is 2.30. The Bertz CT molecular complexity index is 1100. The maximum absolute atomic E-state index is 13.5. The molecular weight excluding hydrogens is 470 g/mol. The molecule has 0 radical (unpaired) electrons. The van der Waals surface area contributed by atoms with Crippen molar-refractivity contribution in [2.45, 2.75) is 45.8 Å². The highest BCUT2D eigenvalue weighted by molar-refractivity contribution is 7.92. The van der Waals surface area contributed by atoms with Crippen LogP contribution in [0, 0.1) is 0 Å². The lowest BCUT2D eigenvalue weighted by Gasteiger charge is -2.32. The number of benzene rings is 2. The van der Waals surface area contributed by atoms with Crippen LogP contribution >= 0.6 is 0 Å². The first-order valence-electron chi connectivity index (χ1n) is 11.3. The highest BCUT2D eigenvalue weighted by atomic mass is 32.2. The maximum atomic E-state index is 13.5. The smallest absolute Gasteiger partial charge is 0.244 e. The molecule has 0 heterocycles. The number of amides is 2. The molecular formula is C25H35N3O6S. The molecule has 9 nitrogen and oxygen atoms in total. The number of hydrogen-bond donors (Lipinski definition) is 1. The summed E-state index contributed by atoms with van der Waals surface area (Å²) in [5.41, 5.74) is 1.07. The molecule has 192 valence electrons. The Balaban J connectivity index is 2.39. The Labute approximate surface area is 208 Å². The topological polar surface area (TPSA) is 105 Å². The first-order chi connectivity index (χ1) is 16.5. The summed E-state index contributed by atoms with van der Waals surface area (Å²) in [6, 6.07) is 12.6. The van der Waals surface area contributed by atoms with Crippen molar-refractivity contribution in [1.82, 2.24) is 10.2 Å². The van der Waals surface area contributed by atoms with Gasteiger partial charge >= 0.3 is 0 Å². The van der Waals surface area contributed by atoms with Crippen LogP contribution in [0.25, 0.3) is 0 Å². The van der Waals surface area contributed by atoms with Crippen LogP contribution in [0.3, 0.4) is 0 Å². The van der Waals surface area contributed by atoms with Crippen LogP contribution in [0.2, 0.25) is 0 Å². The molecule has 0 bridgehead atoms. The summed E-state index contributed by atoms with van der Waals surface area (Å²) in [6.07, 6.45) is 1.78. The molecule has 0 unspecified atom stereocenters. The third-order valence-corrected chi connectivity index (χ3v) is 6.84. The molecule has 2 amide bonds. The second-order valence-electron chi connectivity index (χ2n) is 8.33. The molecule has 0 saturated carbocycles. The van der Waals surface area contributed by atoms with Gasteiger partial charge in [0.05, 0.1) is 26.2 Å². The minimum Gasteiger partial charge on any atom is -0.497 e.